The molecule has 1 amide bonds. The maximum atomic E-state index is 11.5. The van der Waals surface area contributed by atoms with E-state index in [-0.39, 0.29) is 5.91 Å². The topological polar surface area (TPSA) is 81.9 Å². The van der Waals surface area contributed by atoms with Gasteiger partial charge in [0.2, 0.25) is 0 Å². The largest absolute Gasteiger partial charge is 0.489 e. The number of carbonyl (C=O) groups is 1. The first-order valence-electron chi connectivity index (χ1n) is 5.87. The van der Waals surface area contributed by atoms with Crippen molar-refractivity contribution in [3.05, 3.63) is 29.8 Å². The van der Waals surface area contributed by atoms with E-state index in [1.165, 1.54) is 6.21 Å². The molecular weight excluding hydrogens is 245 g/mol. The molecule has 0 saturated heterocycles. The Morgan fingerprint density at radius 3 is 2.58 bits per heavy atom. The highest BCUT2D eigenvalue weighted by atomic mass is 16.4. The van der Waals surface area contributed by atoms with Gasteiger partial charge in [0.05, 0.1) is 27.4 Å². The van der Waals surface area contributed by atoms with Crippen LogP contribution in [-0.4, -0.2) is 61.5 Å². The number of hydrogen-bond donors (Lipinski definition) is 3. The molecule has 0 saturated carbocycles. The van der Waals surface area contributed by atoms with Crippen LogP contribution in [0.4, 0.5) is 0 Å². The second-order valence-corrected chi connectivity index (χ2v) is 5.24. The standard InChI is InChI=1S/C12H18BN3O3/c1-16(2,3)9-12(17)15-14-8-10-6-4-5-7-11(10)13(18)19/h4-8,18-19H,9H2,1-3H3/p+1/b14-8-. The van der Waals surface area contributed by atoms with Crippen LogP contribution in [-0.2, 0) is 4.79 Å². The summed E-state index contributed by atoms with van der Waals surface area (Å²) >= 11 is 0. The number of nitrogens with zero attached hydrogens (tertiary/aromatic N) is 2. The van der Waals surface area contributed by atoms with Crippen LogP contribution >= 0.6 is 0 Å². The predicted octanol–water partition coefficient (Wildman–Crippen LogP) is -1.48. The van der Waals surface area contributed by atoms with Crippen molar-refractivity contribution in [2.24, 2.45) is 5.10 Å². The first-order valence-corrected chi connectivity index (χ1v) is 5.87. The van der Waals surface area contributed by atoms with Crippen molar-refractivity contribution in [2.75, 3.05) is 27.7 Å². The second kappa shape index (κ2) is 6.47. The first kappa shape index (κ1) is 15.4. The number of carbonyl (C=O) groups excluding carboxylic acids is 1. The minimum Gasteiger partial charge on any atom is -0.423 e. The van der Waals surface area contributed by atoms with Gasteiger partial charge in [0.25, 0.3) is 5.91 Å². The number of nitrogens with one attached hydrogen (secondary N) is 1. The molecule has 0 aliphatic rings. The number of hydrogen-bond acceptors (Lipinski definition) is 4. The molecule has 102 valence electrons. The summed E-state index contributed by atoms with van der Waals surface area (Å²) in [4.78, 5) is 11.5. The van der Waals surface area contributed by atoms with Gasteiger partial charge in [-0.05, 0) is 11.0 Å². The summed E-state index contributed by atoms with van der Waals surface area (Å²) in [6.45, 7) is 0.307. The Balaban J connectivity index is 2.65. The summed E-state index contributed by atoms with van der Waals surface area (Å²) in [5.41, 5.74) is 3.29. The van der Waals surface area contributed by atoms with Crippen molar-refractivity contribution >= 4 is 24.7 Å². The van der Waals surface area contributed by atoms with E-state index in [0.29, 0.717) is 22.1 Å². The third-order valence-corrected chi connectivity index (χ3v) is 2.29. The molecule has 0 spiro atoms. The van der Waals surface area contributed by atoms with E-state index in [0.717, 1.165) is 0 Å². The normalized spacial score (nSPS) is 11.6. The molecular formula is C12H19BN3O3+. The molecule has 0 aliphatic carbocycles. The fourth-order valence-corrected chi connectivity index (χ4v) is 1.50. The van der Waals surface area contributed by atoms with Crippen LogP contribution in [0.2, 0.25) is 0 Å². The molecule has 19 heavy (non-hydrogen) atoms. The van der Waals surface area contributed by atoms with Crippen LogP contribution in [0.5, 0.6) is 0 Å². The summed E-state index contributed by atoms with van der Waals surface area (Å²) in [5, 5.41) is 22.2. The van der Waals surface area contributed by atoms with Gasteiger partial charge in [-0.1, -0.05) is 24.3 Å². The van der Waals surface area contributed by atoms with Crippen LogP contribution in [0.25, 0.3) is 0 Å². The highest BCUT2D eigenvalue weighted by molar-refractivity contribution is 6.60. The number of rotatable bonds is 5. The maximum absolute atomic E-state index is 11.5. The monoisotopic (exact) mass is 264 g/mol. The van der Waals surface area contributed by atoms with Gasteiger partial charge in [0.1, 0.15) is 0 Å². The van der Waals surface area contributed by atoms with Gasteiger partial charge in [0, 0.05) is 0 Å². The van der Waals surface area contributed by atoms with E-state index < -0.39 is 7.12 Å². The van der Waals surface area contributed by atoms with E-state index in [1.54, 1.807) is 24.3 Å². The lowest BCUT2D eigenvalue weighted by Crippen LogP contribution is -2.43. The minimum atomic E-state index is -1.57. The Morgan fingerprint density at radius 1 is 1.37 bits per heavy atom. The summed E-state index contributed by atoms with van der Waals surface area (Å²) in [6, 6.07) is 6.72. The van der Waals surface area contributed by atoms with E-state index >= 15 is 0 Å². The van der Waals surface area contributed by atoms with E-state index in [1.807, 2.05) is 21.1 Å². The summed E-state index contributed by atoms with van der Waals surface area (Å²) < 4.78 is 0.507. The van der Waals surface area contributed by atoms with Gasteiger partial charge in [-0.3, -0.25) is 4.79 Å². The Morgan fingerprint density at radius 2 is 2.00 bits per heavy atom. The molecule has 0 atom stereocenters. The average Bonchev–Trinajstić information content (AvgIpc) is 2.27. The van der Waals surface area contributed by atoms with Crippen LogP contribution in [0, 0.1) is 0 Å². The van der Waals surface area contributed by atoms with Crippen LogP contribution in [0.3, 0.4) is 0 Å². The van der Waals surface area contributed by atoms with Crippen molar-refractivity contribution < 1.29 is 19.3 Å². The summed E-state index contributed by atoms with van der Waals surface area (Å²) in [7, 11) is 4.15. The Labute approximate surface area is 113 Å². The molecule has 0 bridgehead atoms. The Kier molecular flexibility index (Phi) is 5.23. The fourth-order valence-electron chi connectivity index (χ4n) is 1.50. The number of amides is 1. The number of benzene rings is 1. The van der Waals surface area contributed by atoms with Gasteiger partial charge in [-0.2, -0.15) is 5.10 Å². The summed E-state index contributed by atoms with van der Waals surface area (Å²) in [5.74, 6) is -0.203. The van der Waals surface area contributed by atoms with Gasteiger partial charge in [0.15, 0.2) is 6.54 Å². The van der Waals surface area contributed by atoms with Crippen LogP contribution < -0.4 is 10.9 Å². The van der Waals surface area contributed by atoms with Gasteiger partial charge in [-0.15, -0.1) is 0 Å². The van der Waals surface area contributed by atoms with Crippen molar-refractivity contribution in [1.82, 2.24) is 5.43 Å². The molecule has 1 rings (SSSR count). The number of likely N-dealkylation sites (N-methyl/N-ethyl adjacent to an activating group) is 1. The molecule has 0 unspecified atom stereocenters. The van der Waals surface area contributed by atoms with Gasteiger partial charge in [-0.25, -0.2) is 5.43 Å². The average molecular weight is 264 g/mol. The van der Waals surface area contributed by atoms with Gasteiger partial charge < -0.3 is 14.5 Å². The van der Waals surface area contributed by atoms with Crippen molar-refractivity contribution in [2.45, 2.75) is 0 Å². The van der Waals surface area contributed by atoms with Crippen LogP contribution in [0.1, 0.15) is 5.56 Å². The lowest BCUT2D eigenvalue weighted by molar-refractivity contribution is -0.862. The molecule has 6 nitrogen and oxygen atoms in total. The Bertz CT molecular complexity index is 470. The van der Waals surface area contributed by atoms with E-state index in [2.05, 4.69) is 10.5 Å². The highest BCUT2D eigenvalue weighted by Gasteiger charge is 2.15. The fraction of sp³-hybridized carbons (Fsp3) is 0.333. The first-order chi connectivity index (χ1) is 8.79. The molecule has 3 N–H and O–H groups in total. The molecule has 0 aliphatic heterocycles. The molecule has 1 aromatic carbocycles. The SMILES string of the molecule is C[N+](C)(C)CC(=O)N/N=C\c1ccccc1B(O)O. The lowest BCUT2D eigenvalue weighted by atomic mass is 9.77. The highest BCUT2D eigenvalue weighted by Crippen LogP contribution is 1.93. The molecule has 0 aromatic heterocycles. The maximum Gasteiger partial charge on any atom is 0.489 e. The predicted molar refractivity (Wildman–Crippen MR) is 74.9 cm³/mol. The van der Waals surface area contributed by atoms with Crippen molar-refractivity contribution in [3.63, 3.8) is 0 Å². The summed E-state index contributed by atoms with van der Waals surface area (Å²) in [6.07, 6.45) is 1.39. The smallest absolute Gasteiger partial charge is 0.423 e. The Hall–Kier alpha value is -1.70. The number of hydrazone groups is 1. The third-order valence-electron chi connectivity index (χ3n) is 2.29. The molecule has 0 fully saturated rings. The molecule has 7 heteroatoms. The zero-order valence-electron chi connectivity index (χ0n) is 11.4. The van der Waals surface area contributed by atoms with Gasteiger partial charge >= 0.3 is 7.12 Å². The molecule has 0 heterocycles. The van der Waals surface area contributed by atoms with E-state index in [4.69, 9.17) is 10.0 Å². The molecule has 1 aromatic rings. The zero-order chi connectivity index (χ0) is 14.5. The second-order valence-electron chi connectivity index (χ2n) is 5.24. The van der Waals surface area contributed by atoms with E-state index in [9.17, 15) is 4.79 Å². The van der Waals surface area contributed by atoms with Crippen LogP contribution in [0.15, 0.2) is 29.4 Å². The quantitative estimate of drug-likeness (QED) is 0.262. The third kappa shape index (κ3) is 5.65. The molecule has 0 radical (unpaired) electrons. The zero-order valence-corrected chi connectivity index (χ0v) is 11.4. The minimum absolute atomic E-state index is 0.203. The van der Waals surface area contributed by atoms with Crippen molar-refractivity contribution in [3.8, 4) is 0 Å². The van der Waals surface area contributed by atoms with Crippen molar-refractivity contribution in [1.29, 1.82) is 0 Å². The lowest BCUT2D eigenvalue weighted by Gasteiger charge is -2.22. The number of quaternary nitrogens is 1.